The molecule has 1 N–H and O–H groups in total. The molecule has 3 aromatic rings. The summed E-state index contributed by atoms with van der Waals surface area (Å²) in [7, 11) is 3.06. The third kappa shape index (κ3) is 4.25. The fraction of sp³-hybridized carbons (Fsp3) is 0.423. The minimum atomic E-state index is -0.202. The van der Waals surface area contributed by atoms with Gasteiger partial charge in [-0.05, 0) is 37.5 Å². The Hall–Kier alpha value is -3.39. The lowest BCUT2D eigenvalue weighted by Gasteiger charge is -2.26. The van der Waals surface area contributed by atoms with Gasteiger partial charge in [0.2, 0.25) is 11.8 Å². The summed E-state index contributed by atoms with van der Waals surface area (Å²) in [5.74, 6) is 1.44. The zero-order valence-corrected chi connectivity index (χ0v) is 20.4. The molecule has 8 heteroatoms. The maximum atomic E-state index is 13.7. The average Bonchev–Trinajstić information content (AvgIpc) is 3.21. The fourth-order valence-corrected chi connectivity index (χ4v) is 4.62. The normalized spacial score (nSPS) is 16.9. The van der Waals surface area contributed by atoms with Crippen molar-refractivity contribution in [3.8, 4) is 23.0 Å². The summed E-state index contributed by atoms with van der Waals surface area (Å²) in [6.07, 6.45) is 1.47. The van der Waals surface area contributed by atoms with Gasteiger partial charge in [0.1, 0.15) is 11.5 Å². The highest BCUT2D eigenvalue weighted by atomic mass is 16.5. The van der Waals surface area contributed by atoms with E-state index in [2.05, 4.69) is 28.5 Å². The first-order valence-corrected chi connectivity index (χ1v) is 11.7. The van der Waals surface area contributed by atoms with Gasteiger partial charge in [-0.3, -0.25) is 9.36 Å². The molecule has 0 saturated heterocycles. The Morgan fingerprint density at radius 1 is 1.06 bits per heavy atom. The Bertz CT molecular complexity index is 1220. The molecule has 180 valence electrons. The number of ether oxygens (including phenoxy) is 3. The van der Waals surface area contributed by atoms with Gasteiger partial charge in [-0.2, -0.15) is 4.98 Å². The van der Waals surface area contributed by atoms with E-state index < -0.39 is 0 Å². The number of hydrogen-bond donors (Lipinski definition) is 1. The third-order valence-corrected chi connectivity index (χ3v) is 6.24. The summed E-state index contributed by atoms with van der Waals surface area (Å²) >= 11 is 0. The lowest BCUT2D eigenvalue weighted by Crippen LogP contribution is -2.32. The number of rotatable bonds is 9. The summed E-state index contributed by atoms with van der Waals surface area (Å²) in [5, 5.41) is 3.65. The highest BCUT2D eigenvalue weighted by Gasteiger charge is 2.34. The van der Waals surface area contributed by atoms with Gasteiger partial charge in [-0.25, -0.2) is 4.98 Å². The van der Waals surface area contributed by atoms with Crippen LogP contribution in [0.25, 0.3) is 11.3 Å². The summed E-state index contributed by atoms with van der Waals surface area (Å²) in [6, 6.07) is 11.8. The molecule has 2 heterocycles. The highest BCUT2D eigenvalue weighted by Crippen LogP contribution is 2.37. The number of nitrogens with zero attached hydrogens (tertiary/aromatic N) is 3. The van der Waals surface area contributed by atoms with Crippen molar-refractivity contribution in [1.82, 2.24) is 14.5 Å². The number of anilines is 1. The number of pyridine rings is 1. The maximum absolute atomic E-state index is 13.7. The minimum Gasteiger partial charge on any atom is -0.481 e. The smallest absolute Gasteiger partial charge is 0.278 e. The number of methoxy groups -OCH3 is 2. The number of benzene rings is 1. The second-order valence-corrected chi connectivity index (χ2v) is 8.09. The Kier molecular flexibility index (Phi) is 7.17. The van der Waals surface area contributed by atoms with Crippen molar-refractivity contribution >= 4 is 5.82 Å². The van der Waals surface area contributed by atoms with Gasteiger partial charge in [0, 0.05) is 25.6 Å². The standard InChI is InChI=1S/C26H32N4O4/c1-6-19-24(29-22-17-12-10-9-11-16(17)15-20(22)34-8-3)30(7-2)26(31)23(27-19)18-13-14-21(32-4)28-25(18)33-5/h9-14,20,22,29H,6-8,15H2,1-5H3/t20-,22+/m0/s1. The van der Waals surface area contributed by atoms with E-state index in [4.69, 9.17) is 19.2 Å². The van der Waals surface area contributed by atoms with E-state index in [9.17, 15) is 4.79 Å². The van der Waals surface area contributed by atoms with Crippen LogP contribution in [0.2, 0.25) is 0 Å². The SMILES string of the molecule is CCO[C@H]1Cc2ccccc2[C@H]1Nc1c(CC)nc(-c2ccc(OC)nc2OC)c(=O)n1CC. The molecule has 0 saturated carbocycles. The molecule has 8 nitrogen and oxygen atoms in total. The van der Waals surface area contributed by atoms with E-state index in [1.165, 1.54) is 25.3 Å². The van der Waals surface area contributed by atoms with Crippen LogP contribution in [0.1, 0.15) is 43.6 Å². The van der Waals surface area contributed by atoms with Gasteiger partial charge in [0.15, 0.2) is 0 Å². The Morgan fingerprint density at radius 3 is 2.53 bits per heavy atom. The molecule has 0 bridgehead atoms. The van der Waals surface area contributed by atoms with Crippen LogP contribution >= 0.6 is 0 Å². The largest absolute Gasteiger partial charge is 0.481 e. The predicted octanol–water partition coefficient (Wildman–Crippen LogP) is 4.02. The molecule has 4 rings (SSSR count). The van der Waals surface area contributed by atoms with Crippen LogP contribution < -0.4 is 20.3 Å². The van der Waals surface area contributed by atoms with Gasteiger partial charge < -0.3 is 19.5 Å². The van der Waals surface area contributed by atoms with E-state index in [-0.39, 0.29) is 17.7 Å². The molecule has 0 spiro atoms. The lowest BCUT2D eigenvalue weighted by molar-refractivity contribution is 0.0572. The quantitative estimate of drug-likeness (QED) is 0.512. The molecule has 2 atom stereocenters. The maximum Gasteiger partial charge on any atom is 0.278 e. The van der Waals surface area contributed by atoms with Gasteiger partial charge in [-0.1, -0.05) is 31.2 Å². The number of aromatic nitrogens is 3. The van der Waals surface area contributed by atoms with Gasteiger partial charge in [0.25, 0.3) is 5.56 Å². The summed E-state index contributed by atoms with van der Waals surface area (Å²) in [4.78, 5) is 22.8. The molecule has 34 heavy (non-hydrogen) atoms. The number of aryl methyl sites for hydroxylation is 1. The summed E-state index contributed by atoms with van der Waals surface area (Å²) < 4.78 is 18.5. The second-order valence-electron chi connectivity index (χ2n) is 8.09. The van der Waals surface area contributed by atoms with Crippen LogP contribution in [-0.4, -0.2) is 41.5 Å². The highest BCUT2D eigenvalue weighted by molar-refractivity contribution is 5.66. The van der Waals surface area contributed by atoms with E-state index in [1.54, 1.807) is 16.7 Å². The van der Waals surface area contributed by atoms with Crippen molar-refractivity contribution in [2.45, 2.75) is 52.3 Å². The van der Waals surface area contributed by atoms with Gasteiger partial charge in [0.05, 0.1) is 37.6 Å². The minimum absolute atomic E-state index is 0.0157. The zero-order chi connectivity index (χ0) is 24.2. The average molecular weight is 465 g/mol. The second kappa shape index (κ2) is 10.3. The van der Waals surface area contributed by atoms with Crippen molar-refractivity contribution in [1.29, 1.82) is 0 Å². The molecule has 1 aliphatic rings. The molecule has 0 unspecified atom stereocenters. The van der Waals surface area contributed by atoms with Crippen LogP contribution in [-0.2, 0) is 24.1 Å². The van der Waals surface area contributed by atoms with E-state index in [0.29, 0.717) is 42.6 Å². The molecular formula is C26H32N4O4. The van der Waals surface area contributed by atoms with Crippen molar-refractivity contribution in [3.05, 3.63) is 63.6 Å². The number of hydrogen-bond acceptors (Lipinski definition) is 7. The van der Waals surface area contributed by atoms with Crippen LogP contribution in [0.4, 0.5) is 5.82 Å². The third-order valence-electron chi connectivity index (χ3n) is 6.24. The number of nitrogens with one attached hydrogen (secondary N) is 1. The molecule has 0 aliphatic heterocycles. The predicted molar refractivity (Wildman–Crippen MR) is 132 cm³/mol. The van der Waals surface area contributed by atoms with Crippen molar-refractivity contribution in [2.24, 2.45) is 0 Å². The van der Waals surface area contributed by atoms with Gasteiger partial charge in [-0.15, -0.1) is 0 Å². The Morgan fingerprint density at radius 2 is 1.85 bits per heavy atom. The monoisotopic (exact) mass is 464 g/mol. The molecule has 0 fully saturated rings. The first-order valence-electron chi connectivity index (χ1n) is 11.7. The lowest BCUT2D eigenvalue weighted by atomic mass is 10.1. The molecule has 1 aliphatic carbocycles. The fourth-order valence-electron chi connectivity index (χ4n) is 4.62. The Balaban J connectivity index is 1.83. The van der Waals surface area contributed by atoms with Crippen LogP contribution in [0.3, 0.4) is 0 Å². The summed E-state index contributed by atoms with van der Waals surface area (Å²) in [6.45, 7) is 7.12. The first-order chi connectivity index (χ1) is 16.6. The van der Waals surface area contributed by atoms with Crippen molar-refractivity contribution in [2.75, 3.05) is 26.1 Å². The van der Waals surface area contributed by atoms with Crippen molar-refractivity contribution in [3.63, 3.8) is 0 Å². The molecule has 2 aromatic heterocycles. The van der Waals surface area contributed by atoms with Crippen LogP contribution in [0.5, 0.6) is 11.8 Å². The van der Waals surface area contributed by atoms with E-state index in [1.807, 2.05) is 26.8 Å². The van der Waals surface area contributed by atoms with Crippen molar-refractivity contribution < 1.29 is 14.2 Å². The molecule has 0 radical (unpaired) electrons. The zero-order valence-electron chi connectivity index (χ0n) is 20.4. The first kappa shape index (κ1) is 23.8. The number of fused-ring (bicyclic) bond motifs is 1. The molecule has 1 aromatic carbocycles. The topological polar surface area (TPSA) is 87.5 Å². The van der Waals surface area contributed by atoms with E-state index >= 15 is 0 Å². The molecular weight excluding hydrogens is 432 g/mol. The van der Waals surface area contributed by atoms with E-state index in [0.717, 1.165) is 17.9 Å². The Labute approximate surface area is 199 Å². The van der Waals surface area contributed by atoms with Gasteiger partial charge >= 0.3 is 0 Å². The summed E-state index contributed by atoms with van der Waals surface area (Å²) in [5.41, 5.74) is 3.91. The van der Waals surface area contributed by atoms with Crippen LogP contribution in [0, 0.1) is 0 Å². The molecule has 0 amide bonds. The van der Waals surface area contributed by atoms with Crippen LogP contribution in [0.15, 0.2) is 41.2 Å².